The van der Waals surface area contributed by atoms with E-state index < -0.39 is 0 Å². The van der Waals surface area contributed by atoms with Gasteiger partial charge < -0.3 is 10.6 Å². The molecule has 0 aliphatic rings. The SMILES string of the molecule is CCCCCCCCCC(CCCCCCCCC(NCC)NCC)c1ccccc1. The quantitative estimate of drug-likeness (QED) is 0.142. The zero-order chi connectivity index (χ0) is 22.4. The predicted octanol–water partition coefficient (Wildman–Crippen LogP) is 8.58. The molecule has 0 aromatic heterocycles. The van der Waals surface area contributed by atoms with Crippen LogP contribution in [-0.4, -0.2) is 19.3 Å². The fourth-order valence-corrected chi connectivity index (χ4v) is 4.77. The first-order valence-electron chi connectivity index (χ1n) is 13.8. The van der Waals surface area contributed by atoms with Gasteiger partial charge in [-0.3, -0.25) is 0 Å². The summed E-state index contributed by atoms with van der Waals surface area (Å²) in [6, 6.07) is 11.3. The van der Waals surface area contributed by atoms with Crippen molar-refractivity contribution in [1.29, 1.82) is 0 Å². The molecule has 0 saturated heterocycles. The van der Waals surface area contributed by atoms with Crippen LogP contribution < -0.4 is 10.6 Å². The molecule has 2 N–H and O–H groups in total. The smallest absolute Gasteiger partial charge is 0.0571 e. The highest BCUT2D eigenvalue weighted by Gasteiger charge is 2.11. The zero-order valence-electron chi connectivity index (χ0n) is 21.3. The Morgan fingerprint density at radius 2 is 1.00 bits per heavy atom. The highest BCUT2D eigenvalue weighted by atomic mass is 15.1. The van der Waals surface area contributed by atoms with Gasteiger partial charge in [0.2, 0.25) is 0 Å². The number of nitrogens with one attached hydrogen (secondary N) is 2. The molecule has 2 nitrogen and oxygen atoms in total. The van der Waals surface area contributed by atoms with Crippen LogP contribution in [0, 0.1) is 0 Å². The maximum absolute atomic E-state index is 3.55. The van der Waals surface area contributed by atoms with Crippen molar-refractivity contribution in [3.63, 3.8) is 0 Å². The molecule has 180 valence electrons. The minimum Gasteiger partial charge on any atom is -0.302 e. The maximum atomic E-state index is 3.55. The van der Waals surface area contributed by atoms with Crippen molar-refractivity contribution < 1.29 is 0 Å². The molecule has 0 spiro atoms. The lowest BCUT2D eigenvalue weighted by Gasteiger charge is -2.18. The molecule has 1 aromatic carbocycles. The number of hydrogen-bond acceptors (Lipinski definition) is 2. The van der Waals surface area contributed by atoms with E-state index in [4.69, 9.17) is 0 Å². The van der Waals surface area contributed by atoms with Crippen LogP contribution in [0.2, 0.25) is 0 Å². The average molecular weight is 431 g/mol. The second-order valence-electron chi connectivity index (χ2n) is 9.38. The summed E-state index contributed by atoms with van der Waals surface area (Å²) in [5.41, 5.74) is 1.58. The zero-order valence-corrected chi connectivity index (χ0v) is 21.3. The summed E-state index contributed by atoms with van der Waals surface area (Å²) in [6.45, 7) is 8.80. The average Bonchev–Trinajstić information content (AvgIpc) is 2.79. The Morgan fingerprint density at radius 1 is 0.548 bits per heavy atom. The Labute approximate surface area is 195 Å². The van der Waals surface area contributed by atoms with Gasteiger partial charge in [0.25, 0.3) is 0 Å². The van der Waals surface area contributed by atoms with Crippen LogP contribution in [-0.2, 0) is 0 Å². The van der Waals surface area contributed by atoms with E-state index >= 15 is 0 Å². The molecule has 0 heterocycles. The normalized spacial score (nSPS) is 12.5. The minimum absolute atomic E-state index is 0.508. The van der Waals surface area contributed by atoms with E-state index in [0.717, 1.165) is 19.0 Å². The maximum Gasteiger partial charge on any atom is 0.0571 e. The monoisotopic (exact) mass is 430 g/mol. The van der Waals surface area contributed by atoms with Crippen LogP contribution in [0.15, 0.2) is 30.3 Å². The van der Waals surface area contributed by atoms with Crippen molar-refractivity contribution in [1.82, 2.24) is 10.6 Å². The summed E-state index contributed by atoms with van der Waals surface area (Å²) in [4.78, 5) is 0. The van der Waals surface area contributed by atoms with E-state index in [1.165, 1.54) is 103 Å². The van der Waals surface area contributed by atoms with Crippen molar-refractivity contribution >= 4 is 0 Å². The van der Waals surface area contributed by atoms with Crippen molar-refractivity contribution in [2.45, 2.75) is 136 Å². The summed E-state index contributed by atoms with van der Waals surface area (Å²) in [6.07, 6.45) is 22.8. The third-order valence-corrected chi connectivity index (χ3v) is 6.62. The second kappa shape index (κ2) is 21.0. The minimum atomic E-state index is 0.508. The predicted molar refractivity (Wildman–Crippen MR) is 140 cm³/mol. The number of hydrogen-bond donors (Lipinski definition) is 2. The van der Waals surface area contributed by atoms with Gasteiger partial charge in [0, 0.05) is 0 Å². The standard InChI is InChI=1S/C29H54N2/c1-4-7-8-9-10-13-17-22-27(28-24-19-16-20-25-28)23-18-14-11-12-15-21-26-29(30-5-2)31-6-3/h16,19-20,24-25,27,29-31H,4-15,17-18,21-23,26H2,1-3H3. The van der Waals surface area contributed by atoms with Crippen molar-refractivity contribution in [2.75, 3.05) is 13.1 Å². The highest BCUT2D eigenvalue weighted by molar-refractivity contribution is 5.19. The Morgan fingerprint density at radius 3 is 1.48 bits per heavy atom. The number of unbranched alkanes of at least 4 members (excludes halogenated alkanes) is 11. The Balaban J connectivity index is 2.17. The molecule has 0 amide bonds. The van der Waals surface area contributed by atoms with Gasteiger partial charge in [0.15, 0.2) is 0 Å². The molecule has 1 unspecified atom stereocenters. The summed E-state index contributed by atoms with van der Waals surface area (Å²) in [5, 5.41) is 7.09. The molecule has 1 atom stereocenters. The van der Waals surface area contributed by atoms with Crippen LogP contribution in [0.4, 0.5) is 0 Å². The third kappa shape index (κ3) is 15.6. The van der Waals surface area contributed by atoms with E-state index in [0.29, 0.717) is 6.17 Å². The lowest BCUT2D eigenvalue weighted by atomic mass is 9.88. The van der Waals surface area contributed by atoms with Gasteiger partial charge in [0.1, 0.15) is 0 Å². The largest absolute Gasteiger partial charge is 0.302 e. The Hall–Kier alpha value is -0.860. The molecule has 0 aliphatic carbocycles. The molecule has 2 heteroatoms. The fraction of sp³-hybridized carbons (Fsp3) is 0.793. The lowest BCUT2D eigenvalue weighted by Crippen LogP contribution is -2.41. The van der Waals surface area contributed by atoms with E-state index in [9.17, 15) is 0 Å². The van der Waals surface area contributed by atoms with Crippen molar-refractivity contribution in [2.24, 2.45) is 0 Å². The third-order valence-electron chi connectivity index (χ3n) is 6.62. The molecule has 0 saturated carbocycles. The summed E-state index contributed by atoms with van der Waals surface area (Å²) >= 11 is 0. The summed E-state index contributed by atoms with van der Waals surface area (Å²) in [7, 11) is 0. The van der Waals surface area contributed by atoms with Gasteiger partial charge in [-0.2, -0.15) is 0 Å². The fourth-order valence-electron chi connectivity index (χ4n) is 4.77. The van der Waals surface area contributed by atoms with E-state index in [1.54, 1.807) is 5.56 Å². The molecule has 0 radical (unpaired) electrons. The molecular weight excluding hydrogens is 376 g/mol. The van der Waals surface area contributed by atoms with E-state index in [-0.39, 0.29) is 0 Å². The molecule has 0 bridgehead atoms. The molecule has 1 rings (SSSR count). The van der Waals surface area contributed by atoms with Gasteiger partial charge in [0.05, 0.1) is 6.17 Å². The van der Waals surface area contributed by atoms with Gasteiger partial charge >= 0.3 is 0 Å². The highest BCUT2D eigenvalue weighted by Crippen LogP contribution is 2.28. The topological polar surface area (TPSA) is 24.1 Å². The summed E-state index contributed by atoms with van der Waals surface area (Å²) in [5.74, 6) is 0.776. The Bertz CT molecular complexity index is 467. The number of rotatable bonds is 22. The molecule has 31 heavy (non-hydrogen) atoms. The van der Waals surface area contributed by atoms with Gasteiger partial charge in [-0.1, -0.05) is 135 Å². The van der Waals surface area contributed by atoms with Crippen molar-refractivity contribution in [3.05, 3.63) is 35.9 Å². The number of benzene rings is 1. The first-order valence-corrected chi connectivity index (χ1v) is 13.8. The molecular formula is C29H54N2. The van der Waals surface area contributed by atoms with Gasteiger partial charge in [-0.15, -0.1) is 0 Å². The van der Waals surface area contributed by atoms with Gasteiger partial charge in [-0.05, 0) is 43.8 Å². The van der Waals surface area contributed by atoms with Crippen LogP contribution >= 0.6 is 0 Å². The van der Waals surface area contributed by atoms with E-state index in [2.05, 4.69) is 61.7 Å². The first-order chi connectivity index (χ1) is 15.3. The van der Waals surface area contributed by atoms with E-state index in [1.807, 2.05) is 0 Å². The summed E-state index contributed by atoms with van der Waals surface area (Å²) < 4.78 is 0. The van der Waals surface area contributed by atoms with Crippen LogP contribution in [0.3, 0.4) is 0 Å². The molecule has 1 aromatic rings. The lowest BCUT2D eigenvalue weighted by molar-refractivity contribution is 0.399. The van der Waals surface area contributed by atoms with Crippen LogP contribution in [0.25, 0.3) is 0 Å². The first kappa shape index (κ1) is 28.2. The van der Waals surface area contributed by atoms with Crippen molar-refractivity contribution in [3.8, 4) is 0 Å². The molecule has 0 fully saturated rings. The molecule has 0 aliphatic heterocycles. The Kier molecular flexibility index (Phi) is 19.1. The second-order valence-corrected chi connectivity index (χ2v) is 9.38. The van der Waals surface area contributed by atoms with Gasteiger partial charge in [-0.25, -0.2) is 0 Å². The van der Waals surface area contributed by atoms with Crippen LogP contribution in [0.1, 0.15) is 135 Å². The van der Waals surface area contributed by atoms with Crippen LogP contribution in [0.5, 0.6) is 0 Å².